The van der Waals surface area contributed by atoms with E-state index < -0.39 is 0 Å². The number of hydrogen-bond donors (Lipinski definition) is 0. The van der Waals surface area contributed by atoms with E-state index >= 15 is 0 Å². The Morgan fingerprint density at radius 1 is 0.875 bits per heavy atom. The van der Waals surface area contributed by atoms with Gasteiger partial charge in [0.05, 0.1) is 0 Å². The maximum atomic E-state index is 2.89. The third-order valence-corrected chi connectivity index (χ3v) is 0.607. The SMILES string of the molecule is [Cl-].[Mn+2].[c-]1ccccc1. The smallest absolute Gasteiger partial charge is 1.00 e. The molecule has 1 aromatic carbocycles. The van der Waals surface area contributed by atoms with Crippen LogP contribution in [0.15, 0.2) is 30.3 Å². The van der Waals surface area contributed by atoms with Gasteiger partial charge in [0.1, 0.15) is 0 Å². The molecule has 0 aliphatic carbocycles. The van der Waals surface area contributed by atoms with Crippen molar-refractivity contribution >= 4 is 0 Å². The minimum Gasteiger partial charge on any atom is -1.00 e. The molecule has 0 saturated heterocycles. The first kappa shape index (κ1) is 10.9. The summed E-state index contributed by atoms with van der Waals surface area (Å²) in [5, 5.41) is 0. The molecule has 0 aliphatic rings. The van der Waals surface area contributed by atoms with Crippen LogP contribution in [0.1, 0.15) is 0 Å². The summed E-state index contributed by atoms with van der Waals surface area (Å²) in [7, 11) is 0. The second kappa shape index (κ2) is 7.03. The Kier molecular flexibility index (Phi) is 9.59. The quantitative estimate of drug-likeness (QED) is 0.326. The Balaban J connectivity index is 0. The molecule has 0 fully saturated rings. The van der Waals surface area contributed by atoms with E-state index in [1.165, 1.54) is 0 Å². The van der Waals surface area contributed by atoms with E-state index in [2.05, 4.69) is 6.07 Å². The predicted molar refractivity (Wildman–Crippen MR) is 25.3 cm³/mol. The Bertz CT molecular complexity index is 80.5. The molecule has 0 bridgehead atoms. The van der Waals surface area contributed by atoms with Crippen molar-refractivity contribution in [2.75, 3.05) is 0 Å². The molecule has 1 radical (unpaired) electrons. The van der Waals surface area contributed by atoms with Gasteiger partial charge in [0.2, 0.25) is 0 Å². The average Bonchev–Trinajstić information content (AvgIpc) is 1.72. The van der Waals surface area contributed by atoms with Crippen molar-refractivity contribution in [3.05, 3.63) is 36.4 Å². The van der Waals surface area contributed by atoms with Crippen LogP contribution in [0.25, 0.3) is 0 Å². The van der Waals surface area contributed by atoms with E-state index in [4.69, 9.17) is 0 Å². The first-order valence-electron chi connectivity index (χ1n) is 1.91. The molecule has 1 rings (SSSR count). The minimum absolute atomic E-state index is 0. The van der Waals surface area contributed by atoms with Crippen LogP contribution in [-0.4, -0.2) is 0 Å². The number of rotatable bonds is 0. The fourth-order valence-corrected chi connectivity index (χ4v) is 0.342. The topological polar surface area (TPSA) is 0 Å². The van der Waals surface area contributed by atoms with Crippen molar-refractivity contribution in [1.82, 2.24) is 0 Å². The van der Waals surface area contributed by atoms with Gasteiger partial charge >= 0.3 is 17.1 Å². The molecule has 1 aromatic rings. The van der Waals surface area contributed by atoms with E-state index in [9.17, 15) is 0 Å². The Hall–Kier alpha value is 0.0295. The molecular weight excluding hydrogens is 162 g/mol. The second-order valence-corrected chi connectivity index (χ2v) is 1.08. The molecule has 0 amide bonds. The predicted octanol–water partition coefficient (Wildman–Crippen LogP) is -1.51. The molecule has 2 heteroatoms. The van der Waals surface area contributed by atoms with Gasteiger partial charge in [-0.25, -0.2) is 0 Å². The fourth-order valence-electron chi connectivity index (χ4n) is 0.342. The summed E-state index contributed by atoms with van der Waals surface area (Å²) in [6.07, 6.45) is 0. The summed E-state index contributed by atoms with van der Waals surface area (Å²) in [5.41, 5.74) is 0. The third kappa shape index (κ3) is 4.20. The maximum Gasteiger partial charge on any atom is 2.00 e. The van der Waals surface area contributed by atoms with E-state index in [1.807, 2.05) is 30.3 Å². The molecule has 0 unspecified atom stereocenters. The molecule has 8 heavy (non-hydrogen) atoms. The molecule has 0 heterocycles. The normalized spacial score (nSPS) is 6.00. The van der Waals surface area contributed by atoms with Crippen LogP contribution in [0.2, 0.25) is 0 Å². The van der Waals surface area contributed by atoms with Gasteiger partial charge in [-0.1, -0.05) is 0 Å². The molecule has 0 aliphatic heterocycles. The van der Waals surface area contributed by atoms with Gasteiger partial charge in [-0.3, -0.25) is 0 Å². The molecule has 0 saturated carbocycles. The zero-order valence-corrected chi connectivity index (χ0v) is 6.08. The van der Waals surface area contributed by atoms with Gasteiger partial charge in [-0.2, -0.15) is 36.4 Å². The summed E-state index contributed by atoms with van der Waals surface area (Å²) in [4.78, 5) is 0. The summed E-state index contributed by atoms with van der Waals surface area (Å²) < 4.78 is 0. The standard InChI is InChI=1S/C6H5.ClH.Mn/c1-2-4-6-5-3-1;;/h1-5H;1H;/q-1;;+2/p-1. The van der Waals surface area contributed by atoms with Crippen LogP contribution in [-0.2, 0) is 17.1 Å². The average molecular weight is 167 g/mol. The van der Waals surface area contributed by atoms with Crippen LogP contribution in [0.3, 0.4) is 0 Å². The molecule has 0 atom stereocenters. The van der Waals surface area contributed by atoms with E-state index in [0.29, 0.717) is 0 Å². The van der Waals surface area contributed by atoms with Crippen LogP contribution in [0, 0.1) is 6.07 Å². The van der Waals surface area contributed by atoms with Gasteiger partial charge in [0.25, 0.3) is 0 Å². The molecule has 0 spiro atoms. The zero-order chi connectivity index (χ0) is 4.24. The van der Waals surface area contributed by atoms with Crippen molar-refractivity contribution in [2.45, 2.75) is 0 Å². The van der Waals surface area contributed by atoms with Crippen LogP contribution < -0.4 is 12.4 Å². The van der Waals surface area contributed by atoms with Crippen molar-refractivity contribution < 1.29 is 29.5 Å². The number of benzene rings is 1. The van der Waals surface area contributed by atoms with Gasteiger partial charge in [-0.05, 0) is 0 Å². The van der Waals surface area contributed by atoms with Gasteiger partial charge in [0.15, 0.2) is 0 Å². The third-order valence-electron chi connectivity index (χ3n) is 0.607. The fraction of sp³-hybridized carbons (Fsp3) is 0. The second-order valence-electron chi connectivity index (χ2n) is 1.08. The summed E-state index contributed by atoms with van der Waals surface area (Å²) in [6, 6.07) is 12.5. The van der Waals surface area contributed by atoms with Crippen molar-refractivity contribution in [2.24, 2.45) is 0 Å². The van der Waals surface area contributed by atoms with Crippen molar-refractivity contribution in [3.8, 4) is 0 Å². The van der Waals surface area contributed by atoms with Crippen molar-refractivity contribution in [1.29, 1.82) is 0 Å². The van der Waals surface area contributed by atoms with Crippen LogP contribution >= 0.6 is 0 Å². The van der Waals surface area contributed by atoms with Gasteiger partial charge in [-0.15, -0.1) is 0 Å². The number of halogens is 1. The van der Waals surface area contributed by atoms with Crippen LogP contribution in [0.5, 0.6) is 0 Å². The first-order chi connectivity index (χ1) is 3.00. The molecule has 0 aromatic heterocycles. The molecular formula is C6H5ClMn. The van der Waals surface area contributed by atoms with Gasteiger partial charge in [0, 0.05) is 0 Å². The monoisotopic (exact) mass is 167 g/mol. The van der Waals surface area contributed by atoms with Gasteiger partial charge < -0.3 is 12.4 Å². The summed E-state index contributed by atoms with van der Waals surface area (Å²) >= 11 is 0. The maximum absolute atomic E-state index is 2.89. The molecule has 0 N–H and O–H groups in total. The van der Waals surface area contributed by atoms with Crippen LogP contribution in [0.4, 0.5) is 0 Å². The zero-order valence-electron chi connectivity index (χ0n) is 4.14. The molecule has 0 nitrogen and oxygen atoms in total. The van der Waals surface area contributed by atoms with E-state index in [0.717, 1.165) is 0 Å². The number of hydrogen-bond acceptors (Lipinski definition) is 0. The Morgan fingerprint density at radius 2 is 1.38 bits per heavy atom. The molecule has 43 valence electrons. The Labute approximate surface area is 66.2 Å². The summed E-state index contributed by atoms with van der Waals surface area (Å²) in [6.45, 7) is 0. The Morgan fingerprint density at radius 3 is 1.50 bits per heavy atom. The van der Waals surface area contributed by atoms with Crippen molar-refractivity contribution in [3.63, 3.8) is 0 Å². The van der Waals surface area contributed by atoms with E-state index in [-0.39, 0.29) is 29.5 Å². The first-order valence-corrected chi connectivity index (χ1v) is 1.91. The van der Waals surface area contributed by atoms with E-state index in [1.54, 1.807) is 0 Å². The largest absolute Gasteiger partial charge is 2.00 e. The summed E-state index contributed by atoms with van der Waals surface area (Å²) in [5.74, 6) is 0. The minimum atomic E-state index is 0.